The number of nitrogens with zero attached hydrogens (tertiary/aromatic N) is 2. The zero-order valence-electron chi connectivity index (χ0n) is 12.9. The van der Waals surface area contributed by atoms with Gasteiger partial charge >= 0.3 is 0 Å². The first-order valence-corrected chi connectivity index (χ1v) is 7.92. The average Bonchev–Trinajstić information content (AvgIpc) is 3.29. The predicted octanol–water partition coefficient (Wildman–Crippen LogP) is 3.57. The van der Waals surface area contributed by atoms with E-state index in [4.69, 9.17) is 0 Å². The molecule has 1 heterocycles. The van der Waals surface area contributed by atoms with Crippen molar-refractivity contribution in [3.8, 4) is 16.9 Å². The molecule has 5 heteroatoms. The number of hydrogen-bond acceptors (Lipinski definition) is 2. The van der Waals surface area contributed by atoms with E-state index in [1.54, 1.807) is 23.0 Å². The Bertz CT molecular complexity index is 885. The number of nitrogens with one attached hydrogen (secondary N) is 1. The van der Waals surface area contributed by atoms with Crippen LogP contribution in [0, 0.1) is 5.82 Å². The Balaban J connectivity index is 1.84. The second-order valence-electron chi connectivity index (χ2n) is 5.91. The third-order valence-corrected chi connectivity index (χ3v) is 4.03. The van der Waals surface area contributed by atoms with Crippen LogP contribution in [0.2, 0.25) is 0 Å². The smallest absolute Gasteiger partial charge is 0.255 e. The molecule has 3 aromatic rings. The van der Waals surface area contributed by atoms with Crippen LogP contribution < -0.4 is 5.32 Å². The second-order valence-corrected chi connectivity index (χ2v) is 5.91. The Hall–Kier alpha value is -2.95. The topological polar surface area (TPSA) is 46.9 Å². The van der Waals surface area contributed by atoms with Gasteiger partial charge in [0.25, 0.3) is 5.91 Å². The lowest BCUT2D eigenvalue weighted by molar-refractivity contribution is 0.0951. The molecule has 2 aromatic carbocycles. The first-order chi connectivity index (χ1) is 11.7. The van der Waals surface area contributed by atoms with Gasteiger partial charge in [0, 0.05) is 11.6 Å². The molecule has 24 heavy (non-hydrogen) atoms. The highest BCUT2D eigenvalue weighted by molar-refractivity contribution is 6.00. The van der Waals surface area contributed by atoms with Gasteiger partial charge in [-0.05, 0) is 31.0 Å². The summed E-state index contributed by atoms with van der Waals surface area (Å²) < 4.78 is 15.2. The van der Waals surface area contributed by atoms with Crippen molar-refractivity contribution in [2.24, 2.45) is 0 Å². The van der Waals surface area contributed by atoms with Crippen molar-refractivity contribution in [3.05, 3.63) is 72.2 Å². The molecule has 0 aliphatic heterocycles. The summed E-state index contributed by atoms with van der Waals surface area (Å²) >= 11 is 0. The standard InChI is InChI=1S/C19H16FN3O/c20-14-7-4-8-16(11-14)23-18(13-5-2-1-3-6-13)17(12-21-23)19(24)22-15-9-10-15/h1-8,11-12,15H,9-10H2,(H,22,24). The summed E-state index contributed by atoms with van der Waals surface area (Å²) in [5, 5.41) is 7.33. The molecular weight excluding hydrogens is 305 g/mol. The van der Waals surface area contributed by atoms with Gasteiger partial charge in [0.1, 0.15) is 5.82 Å². The molecule has 4 nitrogen and oxygen atoms in total. The van der Waals surface area contributed by atoms with E-state index in [0.29, 0.717) is 16.9 Å². The Morgan fingerprint density at radius 3 is 2.62 bits per heavy atom. The monoisotopic (exact) mass is 321 g/mol. The second kappa shape index (κ2) is 5.92. The molecule has 1 amide bonds. The van der Waals surface area contributed by atoms with E-state index in [0.717, 1.165) is 18.4 Å². The fourth-order valence-corrected chi connectivity index (χ4v) is 2.68. The van der Waals surface area contributed by atoms with Crippen LogP contribution in [0.4, 0.5) is 4.39 Å². The summed E-state index contributed by atoms with van der Waals surface area (Å²) in [5.41, 5.74) is 2.61. The summed E-state index contributed by atoms with van der Waals surface area (Å²) in [6, 6.07) is 16.0. The lowest BCUT2D eigenvalue weighted by atomic mass is 10.1. The fraction of sp³-hybridized carbons (Fsp3) is 0.158. The molecule has 0 radical (unpaired) electrons. The molecule has 1 saturated carbocycles. The molecule has 0 saturated heterocycles. The van der Waals surface area contributed by atoms with Crippen molar-refractivity contribution in [1.29, 1.82) is 0 Å². The summed E-state index contributed by atoms with van der Waals surface area (Å²) in [6.07, 6.45) is 3.58. The number of benzene rings is 2. The van der Waals surface area contributed by atoms with E-state index in [2.05, 4.69) is 10.4 Å². The maximum absolute atomic E-state index is 13.6. The molecule has 1 aromatic heterocycles. The van der Waals surface area contributed by atoms with Gasteiger partial charge < -0.3 is 5.32 Å². The Morgan fingerprint density at radius 1 is 1.12 bits per heavy atom. The van der Waals surface area contributed by atoms with Gasteiger partial charge in [0.15, 0.2) is 0 Å². The molecule has 0 spiro atoms. The molecule has 1 N–H and O–H groups in total. The van der Waals surface area contributed by atoms with Gasteiger partial charge in [0.2, 0.25) is 0 Å². The van der Waals surface area contributed by atoms with E-state index >= 15 is 0 Å². The first kappa shape index (κ1) is 14.6. The molecule has 1 aliphatic carbocycles. The minimum Gasteiger partial charge on any atom is -0.349 e. The average molecular weight is 321 g/mol. The van der Waals surface area contributed by atoms with Crippen LogP contribution in [-0.2, 0) is 0 Å². The largest absolute Gasteiger partial charge is 0.349 e. The maximum atomic E-state index is 13.6. The number of carbonyl (C=O) groups excluding carboxylic acids is 1. The quantitative estimate of drug-likeness (QED) is 0.798. The molecule has 0 bridgehead atoms. The van der Waals surface area contributed by atoms with Crippen LogP contribution in [0.25, 0.3) is 16.9 Å². The van der Waals surface area contributed by atoms with E-state index in [9.17, 15) is 9.18 Å². The fourth-order valence-electron chi connectivity index (χ4n) is 2.68. The highest BCUT2D eigenvalue weighted by Crippen LogP contribution is 2.28. The lowest BCUT2D eigenvalue weighted by Crippen LogP contribution is -2.25. The van der Waals surface area contributed by atoms with Crippen molar-refractivity contribution in [2.45, 2.75) is 18.9 Å². The van der Waals surface area contributed by atoms with Crippen LogP contribution in [-0.4, -0.2) is 21.7 Å². The molecule has 0 unspecified atom stereocenters. The number of aromatic nitrogens is 2. The van der Waals surface area contributed by atoms with E-state index in [1.807, 2.05) is 30.3 Å². The number of carbonyl (C=O) groups is 1. The Labute approximate surface area is 138 Å². The van der Waals surface area contributed by atoms with Gasteiger partial charge in [-0.25, -0.2) is 9.07 Å². The maximum Gasteiger partial charge on any atom is 0.255 e. The summed E-state index contributed by atoms with van der Waals surface area (Å²) in [6.45, 7) is 0. The van der Waals surface area contributed by atoms with Crippen LogP contribution in [0.1, 0.15) is 23.2 Å². The molecule has 120 valence electrons. The molecule has 0 atom stereocenters. The number of halogens is 1. The zero-order chi connectivity index (χ0) is 16.5. The van der Waals surface area contributed by atoms with Gasteiger partial charge in [0.05, 0.1) is 23.1 Å². The van der Waals surface area contributed by atoms with E-state index < -0.39 is 0 Å². The van der Waals surface area contributed by atoms with Crippen LogP contribution in [0.15, 0.2) is 60.8 Å². The molecule has 1 aliphatic rings. The summed E-state index contributed by atoms with van der Waals surface area (Å²) in [4.78, 5) is 12.6. The summed E-state index contributed by atoms with van der Waals surface area (Å²) in [5.74, 6) is -0.481. The highest BCUT2D eigenvalue weighted by Gasteiger charge is 2.27. The van der Waals surface area contributed by atoms with Crippen LogP contribution in [0.3, 0.4) is 0 Å². The van der Waals surface area contributed by atoms with Gasteiger partial charge in [-0.2, -0.15) is 5.10 Å². The van der Waals surface area contributed by atoms with Crippen molar-refractivity contribution in [2.75, 3.05) is 0 Å². The normalized spacial score (nSPS) is 13.7. The minimum absolute atomic E-state index is 0.140. The van der Waals surface area contributed by atoms with Gasteiger partial charge in [-0.1, -0.05) is 36.4 Å². The van der Waals surface area contributed by atoms with Crippen molar-refractivity contribution >= 4 is 5.91 Å². The highest BCUT2D eigenvalue weighted by atomic mass is 19.1. The van der Waals surface area contributed by atoms with Crippen molar-refractivity contribution < 1.29 is 9.18 Å². The molecule has 1 fully saturated rings. The molecular formula is C19H16FN3O. The Morgan fingerprint density at radius 2 is 1.92 bits per heavy atom. The van der Waals surface area contributed by atoms with Crippen molar-refractivity contribution in [3.63, 3.8) is 0 Å². The summed E-state index contributed by atoms with van der Waals surface area (Å²) in [7, 11) is 0. The predicted molar refractivity (Wildman–Crippen MR) is 89.4 cm³/mol. The number of rotatable bonds is 4. The third-order valence-electron chi connectivity index (χ3n) is 4.03. The minimum atomic E-state index is -0.342. The van der Waals surface area contributed by atoms with E-state index in [1.165, 1.54) is 12.1 Å². The number of amides is 1. The lowest BCUT2D eigenvalue weighted by Gasteiger charge is -2.10. The number of hydrogen-bond donors (Lipinski definition) is 1. The third kappa shape index (κ3) is 2.80. The van der Waals surface area contributed by atoms with Gasteiger partial charge in [-0.15, -0.1) is 0 Å². The van der Waals surface area contributed by atoms with Crippen LogP contribution in [0.5, 0.6) is 0 Å². The Kier molecular flexibility index (Phi) is 3.61. The van der Waals surface area contributed by atoms with Gasteiger partial charge in [-0.3, -0.25) is 4.79 Å². The van der Waals surface area contributed by atoms with Crippen LogP contribution >= 0.6 is 0 Å². The zero-order valence-corrected chi connectivity index (χ0v) is 12.9. The van der Waals surface area contributed by atoms with E-state index in [-0.39, 0.29) is 17.8 Å². The SMILES string of the molecule is O=C(NC1CC1)c1cnn(-c2cccc(F)c2)c1-c1ccccc1. The first-order valence-electron chi connectivity index (χ1n) is 7.92. The molecule has 4 rings (SSSR count). The van der Waals surface area contributed by atoms with Crippen molar-refractivity contribution in [1.82, 2.24) is 15.1 Å².